The molecule has 0 fully saturated rings. The molecule has 0 spiro atoms. The molecule has 2 nitrogen and oxygen atoms in total. The SMILES string of the molecule is Cc1ccc(Br)cc1CC(O)CN. The zero-order valence-electron chi connectivity index (χ0n) is 7.63. The van der Waals surface area contributed by atoms with Gasteiger partial charge in [-0.1, -0.05) is 22.0 Å². The van der Waals surface area contributed by atoms with Crippen molar-refractivity contribution in [3.63, 3.8) is 0 Å². The smallest absolute Gasteiger partial charge is 0.0702 e. The largest absolute Gasteiger partial charge is 0.391 e. The monoisotopic (exact) mass is 243 g/mol. The Hall–Kier alpha value is -0.380. The first-order chi connectivity index (χ1) is 6.13. The Bertz CT molecular complexity index is 288. The summed E-state index contributed by atoms with van der Waals surface area (Å²) in [5.41, 5.74) is 7.68. The van der Waals surface area contributed by atoms with Crippen LogP contribution in [0.25, 0.3) is 0 Å². The van der Waals surface area contributed by atoms with Crippen LogP contribution < -0.4 is 5.73 Å². The lowest BCUT2D eigenvalue weighted by atomic mass is 10.0. The minimum Gasteiger partial charge on any atom is -0.391 e. The van der Waals surface area contributed by atoms with Crippen LogP contribution in [0.5, 0.6) is 0 Å². The van der Waals surface area contributed by atoms with Crippen molar-refractivity contribution in [2.45, 2.75) is 19.4 Å². The van der Waals surface area contributed by atoms with Crippen LogP contribution in [0.4, 0.5) is 0 Å². The van der Waals surface area contributed by atoms with E-state index in [4.69, 9.17) is 5.73 Å². The van der Waals surface area contributed by atoms with Gasteiger partial charge in [0.05, 0.1) is 6.10 Å². The number of benzene rings is 1. The second kappa shape index (κ2) is 4.74. The van der Waals surface area contributed by atoms with E-state index in [1.165, 1.54) is 5.56 Å². The van der Waals surface area contributed by atoms with Crippen molar-refractivity contribution in [1.82, 2.24) is 0 Å². The molecule has 3 N–H and O–H groups in total. The van der Waals surface area contributed by atoms with E-state index in [1.807, 2.05) is 25.1 Å². The molecule has 0 radical (unpaired) electrons. The van der Waals surface area contributed by atoms with Crippen LogP contribution in [0.2, 0.25) is 0 Å². The molecule has 0 aliphatic carbocycles. The molecule has 1 unspecified atom stereocenters. The normalized spacial score (nSPS) is 12.9. The van der Waals surface area contributed by atoms with Gasteiger partial charge in [0.1, 0.15) is 0 Å². The number of hydrogen-bond donors (Lipinski definition) is 2. The van der Waals surface area contributed by atoms with E-state index in [0.717, 1.165) is 10.0 Å². The van der Waals surface area contributed by atoms with Gasteiger partial charge in [0, 0.05) is 11.0 Å². The Morgan fingerprint density at radius 1 is 1.54 bits per heavy atom. The van der Waals surface area contributed by atoms with Gasteiger partial charge in [0.2, 0.25) is 0 Å². The molecule has 72 valence electrons. The molecule has 1 atom stereocenters. The molecule has 0 aliphatic heterocycles. The molecule has 0 saturated carbocycles. The van der Waals surface area contributed by atoms with Crippen molar-refractivity contribution in [3.8, 4) is 0 Å². The molecular weight excluding hydrogens is 230 g/mol. The third kappa shape index (κ3) is 3.10. The second-order valence-corrected chi connectivity index (χ2v) is 4.08. The van der Waals surface area contributed by atoms with Gasteiger partial charge in [-0.25, -0.2) is 0 Å². The molecule has 3 heteroatoms. The summed E-state index contributed by atoms with van der Waals surface area (Å²) in [6, 6.07) is 6.05. The number of aliphatic hydroxyl groups excluding tert-OH is 1. The summed E-state index contributed by atoms with van der Waals surface area (Å²) >= 11 is 3.40. The summed E-state index contributed by atoms with van der Waals surface area (Å²) in [6.07, 6.45) is 0.190. The van der Waals surface area contributed by atoms with Crippen LogP contribution in [0, 0.1) is 6.92 Å². The standard InChI is InChI=1S/C10H14BrNO/c1-7-2-3-9(11)4-8(7)5-10(13)6-12/h2-4,10,13H,5-6,12H2,1H3. The van der Waals surface area contributed by atoms with Crippen molar-refractivity contribution in [2.24, 2.45) is 5.73 Å². The summed E-state index contributed by atoms with van der Waals surface area (Å²) in [7, 11) is 0. The van der Waals surface area contributed by atoms with Gasteiger partial charge in [-0.15, -0.1) is 0 Å². The lowest BCUT2D eigenvalue weighted by molar-refractivity contribution is 0.183. The summed E-state index contributed by atoms with van der Waals surface area (Å²) in [4.78, 5) is 0. The van der Waals surface area contributed by atoms with Gasteiger partial charge < -0.3 is 10.8 Å². The van der Waals surface area contributed by atoms with Gasteiger partial charge in [0.15, 0.2) is 0 Å². The van der Waals surface area contributed by atoms with Crippen molar-refractivity contribution in [3.05, 3.63) is 33.8 Å². The lowest BCUT2D eigenvalue weighted by Gasteiger charge is -2.10. The zero-order valence-corrected chi connectivity index (χ0v) is 9.21. The Morgan fingerprint density at radius 2 is 2.23 bits per heavy atom. The van der Waals surface area contributed by atoms with Crippen LogP contribution in [-0.4, -0.2) is 17.8 Å². The number of halogens is 1. The topological polar surface area (TPSA) is 46.2 Å². The Kier molecular flexibility index (Phi) is 3.90. The molecule has 0 saturated heterocycles. The molecule has 13 heavy (non-hydrogen) atoms. The van der Waals surface area contributed by atoms with E-state index >= 15 is 0 Å². The maximum absolute atomic E-state index is 9.39. The van der Waals surface area contributed by atoms with Crippen molar-refractivity contribution in [1.29, 1.82) is 0 Å². The highest BCUT2D eigenvalue weighted by Gasteiger charge is 2.05. The highest BCUT2D eigenvalue weighted by molar-refractivity contribution is 9.10. The molecular formula is C10H14BrNO. The maximum Gasteiger partial charge on any atom is 0.0702 e. The van der Waals surface area contributed by atoms with E-state index < -0.39 is 6.10 Å². The highest BCUT2D eigenvalue weighted by atomic mass is 79.9. The predicted octanol–water partition coefficient (Wildman–Crippen LogP) is 1.62. The average molecular weight is 244 g/mol. The maximum atomic E-state index is 9.39. The number of hydrogen-bond acceptors (Lipinski definition) is 2. The van der Waals surface area contributed by atoms with E-state index in [1.54, 1.807) is 0 Å². The Balaban J connectivity index is 2.81. The van der Waals surface area contributed by atoms with Crippen molar-refractivity contribution >= 4 is 15.9 Å². The Morgan fingerprint density at radius 3 is 2.85 bits per heavy atom. The second-order valence-electron chi connectivity index (χ2n) is 3.16. The van der Waals surface area contributed by atoms with Crippen LogP contribution in [0.3, 0.4) is 0 Å². The minimum atomic E-state index is -0.437. The zero-order chi connectivity index (χ0) is 9.84. The molecule has 0 aliphatic rings. The van der Waals surface area contributed by atoms with E-state index in [0.29, 0.717) is 13.0 Å². The molecule has 1 aromatic rings. The third-order valence-corrected chi connectivity index (χ3v) is 2.53. The number of aliphatic hydroxyl groups is 1. The molecule has 0 bridgehead atoms. The summed E-state index contributed by atoms with van der Waals surface area (Å²) in [6.45, 7) is 2.34. The average Bonchev–Trinajstić information content (AvgIpc) is 2.11. The van der Waals surface area contributed by atoms with Crippen molar-refractivity contribution in [2.75, 3.05) is 6.54 Å². The molecule has 0 heterocycles. The number of rotatable bonds is 3. The quantitative estimate of drug-likeness (QED) is 0.848. The first-order valence-corrected chi connectivity index (χ1v) is 5.06. The van der Waals surface area contributed by atoms with E-state index in [-0.39, 0.29) is 0 Å². The van der Waals surface area contributed by atoms with E-state index in [9.17, 15) is 5.11 Å². The molecule has 1 aromatic carbocycles. The van der Waals surface area contributed by atoms with Gasteiger partial charge in [-0.2, -0.15) is 0 Å². The molecule has 0 amide bonds. The Labute approximate surface area is 86.9 Å². The fourth-order valence-corrected chi connectivity index (χ4v) is 1.61. The van der Waals surface area contributed by atoms with Crippen LogP contribution >= 0.6 is 15.9 Å². The highest BCUT2D eigenvalue weighted by Crippen LogP contribution is 2.17. The fourth-order valence-electron chi connectivity index (χ4n) is 1.20. The lowest BCUT2D eigenvalue weighted by Crippen LogP contribution is -2.22. The minimum absolute atomic E-state index is 0.311. The van der Waals surface area contributed by atoms with Gasteiger partial charge in [-0.3, -0.25) is 0 Å². The van der Waals surface area contributed by atoms with Crippen molar-refractivity contribution < 1.29 is 5.11 Å². The predicted molar refractivity (Wildman–Crippen MR) is 57.6 cm³/mol. The van der Waals surface area contributed by atoms with E-state index in [2.05, 4.69) is 15.9 Å². The number of nitrogens with two attached hydrogens (primary N) is 1. The van der Waals surface area contributed by atoms with Gasteiger partial charge in [0.25, 0.3) is 0 Å². The van der Waals surface area contributed by atoms with Crippen LogP contribution in [0.15, 0.2) is 22.7 Å². The van der Waals surface area contributed by atoms with Gasteiger partial charge in [-0.05, 0) is 36.6 Å². The van der Waals surface area contributed by atoms with Crippen LogP contribution in [-0.2, 0) is 6.42 Å². The van der Waals surface area contributed by atoms with Crippen LogP contribution in [0.1, 0.15) is 11.1 Å². The third-order valence-electron chi connectivity index (χ3n) is 2.04. The fraction of sp³-hybridized carbons (Fsp3) is 0.400. The summed E-state index contributed by atoms with van der Waals surface area (Å²) in [5.74, 6) is 0. The first-order valence-electron chi connectivity index (χ1n) is 4.26. The number of aryl methyl sites for hydroxylation is 1. The molecule has 0 aromatic heterocycles. The summed E-state index contributed by atoms with van der Waals surface area (Å²) in [5, 5.41) is 9.39. The summed E-state index contributed by atoms with van der Waals surface area (Å²) < 4.78 is 1.04. The first kappa shape index (κ1) is 10.7. The molecule has 1 rings (SSSR count). The van der Waals surface area contributed by atoms with Gasteiger partial charge >= 0.3 is 0 Å².